The van der Waals surface area contributed by atoms with Gasteiger partial charge in [-0.2, -0.15) is 0 Å². The number of nitro benzene ring substituents is 2. The average molecular weight is 693 g/mol. The second kappa shape index (κ2) is 16.0. The summed E-state index contributed by atoms with van der Waals surface area (Å²) >= 11 is 0. The number of rotatable bonds is 15. The second-order valence-electron chi connectivity index (χ2n) is 11.6. The maximum absolute atomic E-state index is 13.4. The zero-order chi connectivity index (χ0) is 36.7. The van der Waals surface area contributed by atoms with Gasteiger partial charge in [0.1, 0.15) is 23.6 Å². The number of carbonyl (C=O) groups excluding carboxylic acids is 3. The third-order valence-corrected chi connectivity index (χ3v) is 8.22. The lowest BCUT2D eigenvalue weighted by Gasteiger charge is -2.23. The predicted octanol–water partition coefficient (Wildman–Crippen LogP) is 3.96. The number of aldehydes is 1. The summed E-state index contributed by atoms with van der Waals surface area (Å²) in [6, 6.07) is 3.72. The van der Waals surface area contributed by atoms with E-state index < -0.39 is 51.2 Å². The molecule has 4 rings (SSSR count). The highest BCUT2D eigenvalue weighted by Gasteiger charge is 2.37. The minimum atomic E-state index is -0.800. The molecule has 2 fully saturated rings. The SMILES string of the molecule is C#CCC(COc1cc([N+](=O)[O-])c(C(=O)N2CC(=C)C[C@H]2C=O)cc1OC)COc1cc([N+](=O)[O-])c(C(=O)N2CC(=C)C[C@H]2OC)cc1OC. The van der Waals surface area contributed by atoms with Crippen LogP contribution in [0.3, 0.4) is 0 Å². The van der Waals surface area contributed by atoms with E-state index in [-0.39, 0.29) is 73.3 Å². The van der Waals surface area contributed by atoms with E-state index in [1.807, 2.05) is 0 Å². The molecule has 2 saturated heterocycles. The van der Waals surface area contributed by atoms with Crippen molar-refractivity contribution in [1.29, 1.82) is 0 Å². The number of nitrogens with zero attached hydrogens (tertiary/aromatic N) is 4. The van der Waals surface area contributed by atoms with Crippen molar-refractivity contribution in [3.63, 3.8) is 0 Å². The summed E-state index contributed by atoms with van der Waals surface area (Å²) in [4.78, 5) is 63.5. The molecular weight excluding hydrogens is 656 g/mol. The molecule has 50 heavy (non-hydrogen) atoms. The first kappa shape index (κ1) is 36.9. The summed E-state index contributed by atoms with van der Waals surface area (Å²) in [6.45, 7) is 7.65. The van der Waals surface area contributed by atoms with Crippen LogP contribution in [0.25, 0.3) is 0 Å². The number of hydrogen-bond acceptors (Lipinski definition) is 12. The molecule has 2 aromatic carbocycles. The van der Waals surface area contributed by atoms with Crippen LogP contribution in [0.5, 0.6) is 23.0 Å². The molecule has 2 aliphatic heterocycles. The average Bonchev–Trinajstić information content (AvgIpc) is 3.69. The van der Waals surface area contributed by atoms with Gasteiger partial charge < -0.3 is 38.3 Å². The molecule has 264 valence electrons. The molecule has 16 nitrogen and oxygen atoms in total. The van der Waals surface area contributed by atoms with Gasteiger partial charge in [-0.15, -0.1) is 12.3 Å². The summed E-state index contributed by atoms with van der Waals surface area (Å²) in [5.74, 6) is 0.507. The number of methoxy groups -OCH3 is 3. The van der Waals surface area contributed by atoms with Crippen LogP contribution in [-0.2, 0) is 9.53 Å². The number of likely N-dealkylation sites (tertiary alicyclic amines) is 2. The summed E-state index contributed by atoms with van der Waals surface area (Å²) in [7, 11) is 4.03. The molecule has 0 saturated carbocycles. The molecule has 2 aliphatic rings. The number of nitro groups is 2. The van der Waals surface area contributed by atoms with Crippen LogP contribution in [-0.4, -0.2) is 97.6 Å². The smallest absolute Gasteiger partial charge is 0.286 e. The normalized spacial score (nSPS) is 17.6. The third-order valence-electron chi connectivity index (χ3n) is 8.22. The van der Waals surface area contributed by atoms with Crippen molar-refractivity contribution in [3.8, 4) is 35.3 Å². The van der Waals surface area contributed by atoms with Crippen molar-refractivity contribution in [2.75, 3.05) is 47.6 Å². The molecule has 0 N–H and O–H groups in total. The van der Waals surface area contributed by atoms with Gasteiger partial charge in [-0.3, -0.25) is 29.8 Å². The number of ether oxygens (including phenoxy) is 5. The highest BCUT2D eigenvalue weighted by molar-refractivity contribution is 6.01. The van der Waals surface area contributed by atoms with Gasteiger partial charge >= 0.3 is 0 Å². The first-order valence-corrected chi connectivity index (χ1v) is 15.2. The second-order valence-corrected chi connectivity index (χ2v) is 11.6. The van der Waals surface area contributed by atoms with Crippen LogP contribution < -0.4 is 18.9 Å². The van der Waals surface area contributed by atoms with Crippen molar-refractivity contribution in [1.82, 2.24) is 9.80 Å². The van der Waals surface area contributed by atoms with E-state index in [9.17, 15) is 34.6 Å². The number of terminal acetylenes is 1. The summed E-state index contributed by atoms with van der Waals surface area (Å²) < 4.78 is 27.9. The lowest BCUT2D eigenvalue weighted by atomic mass is 10.1. The van der Waals surface area contributed by atoms with E-state index in [0.717, 1.165) is 17.7 Å². The van der Waals surface area contributed by atoms with Crippen molar-refractivity contribution < 1.29 is 47.9 Å². The summed E-state index contributed by atoms with van der Waals surface area (Å²) in [5, 5.41) is 24.1. The first-order valence-electron chi connectivity index (χ1n) is 15.2. The number of hydrogen-bond donors (Lipinski definition) is 0. The standard InChI is InChI=1S/C34H36N4O12/c1-7-8-22(18-49-30-13-26(37(42)43)24(11-28(30)46-4)33(40)35-15-20(2)9-23(35)17-39)19-50-31-14-27(38(44)45)25(12-29(31)47-5)34(41)36-16-21(3)10-32(36)48-6/h1,11-14,17,22-23,32H,2-3,8-10,15-16,18-19H2,4-6H3/t22?,23-,32+/m0/s1. The Morgan fingerprint density at radius 1 is 0.880 bits per heavy atom. The summed E-state index contributed by atoms with van der Waals surface area (Å²) in [6.07, 6.45) is 6.29. The molecule has 0 spiro atoms. The first-order chi connectivity index (χ1) is 23.9. The van der Waals surface area contributed by atoms with Crippen LogP contribution >= 0.6 is 0 Å². The predicted molar refractivity (Wildman–Crippen MR) is 177 cm³/mol. The lowest BCUT2D eigenvalue weighted by molar-refractivity contribution is -0.385. The van der Waals surface area contributed by atoms with E-state index in [1.54, 1.807) is 0 Å². The van der Waals surface area contributed by atoms with E-state index in [2.05, 4.69) is 19.1 Å². The fraction of sp³-hybridized carbons (Fsp3) is 0.382. The number of amides is 2. The van der Waals surface area contributed by atoms with Crippen molar-refractivity contribution in [2.24, 2.45) is 5.92 Å². The Kier molecular flexibility index (Phi) is 11.8. The Morgan fingerprint density at radius 3 is 1.80 bits per heavy atom. The van der Waals surface area contributed by atoms with Crippen LogP contribution in [0.4, 0.5) is 11.4 Å². The van der Waals surface area contributed by atoms with E-state index in [4.69, 9.17) is 30.1 Å². The fourth-order valence-corrected chi connectivity index (χ4v) is 5.70. The Morgan fingerprint density at radius 2 is 1.36 bits per heavy atom. The van der Waals surface area contributed by atoms with Gasteiger partial charge in [-0.1, -0.05) is 24.3 Å². The minimum Gasteiger partial charge on any atom is -0.493 e. The third kappa shape index (κ3) is 7.84. The van der Waals surface area contributed by atoms with Crippen molar-refractivity contribution in [3.05, 3.63) is 79.9 Å². The van der Waals surface area contributed by atoms with Gasteiger partial charge in [0.2, 0.25) is 0 Å². The molecule has 0 aliphatic carbocycles. The zero-order valence-corrected chi connectivity index (χ0v) is 27.7. The van der Waals surface area contributed by atoms with Gasteiger partial charge in [-0.25, -0.2) is 0 Å². The van der Waals surface area contributed by atoms with Gasteiger partial charge in [0.05, 0.1) is 55.5 Å². The van der Waals surface area contributed by atoms with E-state index >= 15 is 0 Å². The van der Waals surface area contributed by atoms with Gasteiger partial charge in [0.15, 0.2) is 23.0 Å². The Labute approximate surface area is 287 Å². The molecule has 1 unspecified atom stereocenters. The van der Waals surface area contributed by atoms with Crippen molar-refractivity contribution >= 4 is 29.5 Å². The summed E-state index contributed by atoms with van der Waals surface area (Å²) in [5.41, 5.74) is -0.248. The van der Waals surface area contributed by atoms with Gasteiger partial charge in [0.25, 0.3) is 23.2 Å². The molecule has 2 amide bonds. The maximum atomic E-state index is 13.4. The molecule has 0 aromatic heterocycles. The quantitative estimate of drug-likeness (QED) is 0.0860. The van der Waals surface area contributed by atoms with E-state index in [1.165, 1.54) is 43.3 Å². The Hall–Kier alpha value is -5.95. The van der Waals surface area contributed by atoms with Crippen LogP contribution in [0, 0.1) is 38.5 Å². The molecule has 2 heterocycles. The van der Waals surface area contributed by atoms with Gasteiger partial charge in [-0.05, 0) is 6.42 Å². The lowest BCUT2D eigenvalue weighted by Crippen LogP contribution is -2.37. The van der Waals surface area contributed by atoms with Crippen LogP contribution in [0.2, 0.25) is 0 Å². The molecular formula is C34H36N4O12. The van der Waals surface area contributed by atoms with Crippen LogP contribution in [0.15, 0.2) is 48.6 Å². The monoisotopic (exact) mass is 692 g/mol. The minimum absolute atomic E-state index is 0.00911. The fourth-order valence-electron chi connectivity index (χ4n) is 5.70. The highest BCUT2D eigenvalue weighted by atomic mass is 16.6. The molecule has 3 atom stereocenters. The molecule has 0 bridgehead atoms. The van der Waals surface area contributed by atoms with Crippen molar-refractivity contribution in [2.45, 2.75) is 31.5 Å². The molecule has 16 heteroatoms. The van der Waals surface area contributed by atoms with E-state index in [0.29, 0.717) is 18.3 Å². The highest BCUT2D eigenvalue weighted by Crippen LogP contribution is 2.39. The van der Waals surface area contributed by atoms with Crippen LogP contribution in [0.1, 0.15) is 40.0 Å². The van der Waals surface area contributed by atoms with Gasteiger partial charge in [0, 0.05) is 51.1 Å². The molecule has 0 radical (unpaired) electrons. The molecule has 2 aromatic rings. The number of benzene rings is 2. The Bertz CT molecular complexity index is 1770. The topological polar surface area (TPSA) is 190 Å². The largest absolute Gasteiger partial charge is 0.493 e. The zero-order valence-electron chi connectivity index (χ0n) is 27.7. The maximum Gasteiger partial charge on any atom is 0.286 e. The number of carbonyl (C=O) groups is 3. The Balaban J connectivity index is 1.56.